The van der Waals surface area contributed by atoms with Crippen LogP contribution in [0.2, 0.25) is 0 Å². The zero-order chi connectivity index (χ0) is 27.2. The van der Waals surface area contributed by atoms with Gasteiger partial charge in [-0.05, 0) is 67.6 Å². The maximum Gasteiger partial charge on any atom is 0.223 e. The van der Waals surface area contributed by atoms with Crippen LogP contribution in [0.3, 0.4) is 0 Å². The summed E-state index contributed by atoms with van der Waals surface area (Å²) in [6, 6.07) is 12.8. The molecule has 0 unspecified atom stereocenters. The van der Waals surface area contributed by atoms with Gasteiger partial charge in [-0.3, -0.25) is 9.59 Å². The minimum atomic E-state index is -3.59. The Morgan fingerprint density at radius 3 is 2.35 bits per heavy atom. The second kappa shape index (κ2) is 12.7. The van der Waals surface area contributed by atoms with Crippen LogP contribution >= 0.6 is 0 Å². The van der Waals surface area contributed by atoms with Crippen LogP contribution in [-0.2, 0) is 26.0 Å². The number of benzene rings is 2. The van der Waals surface area contributed by atoms with Gasteiger partial charge >= 0.3 is 0 Å². The molecule has 0 spiro atoms. The summed E-state index contributed by atoms with van der Waals surface area (Å²) in [6.45, 7) is 13.6. The monoisotopic (exact) mass is 527 g/mol. The van der Waals surface area contributed by atoms with Gasteiger partial charge in [-0.25, -0.2) is 8.42 Å². The molecule has 202 valence electrons. The smallest absolute Gasteiger partial charge is 0.223 e. The van der Waals surface area contributed by atoms with Crippen molar-refractivity contribution in [2.24, 2.45) is 5.92 Å². The van der Waals surface area contributed by atoms with Crippen molar-refractivity contribution in [3.8, 4) is 0 Å². The van der Waals surface area contributed by atoms with Crippen molar-refractivity contribution in [2.75, 3.05) is 43.4 Å². The van der Waals surface area contributed by atoms with Gasteiger partial charge in [-0.2, -0.15) is 0 Å². The molecule has 2 amide bonds. The number of hydrogen-bond donors (Lipinski definition) is 0. The molecular formula is C29H41N3O4S. The van der Waals surface area contributed by atoms with Gasteiger partial charge in [0.2, 0.25) is 11.8 Å². The van der Waals surface area contributed by atoms with E-state index in [9.17, 15) is 18.0 Å². The zero-order valence-electron chi connectivity index (χ0n) is 22.9. The summed E-state index contributed by atoms with van der Waals surface area (Å²) in [5.74, 6) is 0.0141. The Kier molecular flexibility index (Phi) is 9.90. The number of fused-ring (bicyclic) bond motifs is 1. The molecule has 0 N–H and O–H groups in total. The van der Waals surface area contributed by atoms with Crippen LogP contribution in [0.5, 0.6) is 0 Å². The number of hydrogen-bond acceptors (Lipinski definition) is 5. The van der Waals surface area contributed by atoms with E-state index in [1.54, 1.807) is 34.9 Å². The van der Waals surface area contributed by atoms with Crippen molar-refractivity contribution in [2.45, 2.75) is 58.9 Å². The number of para-hydroxylation sites is 1. The van der Waals surface area contributed by atoms with Gasteiger partial charge in [0.25, 0.3) is 0 Å². The van der Waals surface area contributed by atoms with Crippen molar-refractivity contribution in [3.05, 3.63) is 59.2 Å². The molecule has 0 saturated carbocycles. The zero-order valence-corrected chi connectivity index (χ0v) is 23.7. The molecular weight excluding hydrogens is 486 g/mol. The molecule has 1 aliphatic rings. The Morgan fingerprint density at radius 1 is 0.946 bits per heavy atom. The third-order valence-electron chi connectivity index (χ3n) is 6.96. The lowest BCUT2D eigenvalue weighted by molar-refractivity contribution is -0.131. The Morgan fingerprint density at radius 2 is 1.68 bits per heavy atom. The van der Waals surface area contributed by atoms with E-state index < -0.39 is 9.84 Å². The molecule has 8 heteroatoms. The lowest BCUT2D eigenvalue weighted by atomic mass is 10.1. The molecule has 0 saturated heterocycles. The van der Waals surface area contributed by atoms with Gasteiger partial charge in [0.05, 0.1) is 10.6 Å². The van der Waals surface area contributed by atoms with E-state index in [0.717, 1.165) is 41.9 Å². The van der Waals surface area contributed by atoms with Crippen LogP contribution in [0, 0.1) is 19.8 Å². The molecule has 0 bridgehead atoms. The predicted octanol–water partition coefficient (Wildman–Crippen LogP) is 4.21. The molecule has 0 atom stereocenters. The highest BCUT2D eigenvalue weighted by molar-refractivity contribution is 7.91. The van der Waals surface area contributed by atoms with E-state index in [4.69, 9.17) is 0 Å². The van der Waals surface area contributed by atoms with Gasteiger partial charge in [0, 0.05) is 51.8 Å². The van der Waals surface area contributed by atoms with E-state index >= 15 is 0 Å². The first-order valence-corrected chi connectivity index (χ1v) is 14.8. The molecule has 1 aliphatic heterocycles. The second-order valence-corrected chi connectivity index (χ2v) is 12.6. The highest BCUT2D eigenvalue weighted by Gasteiger charge is 2.24. The molecule has 2 aromatic rings. The van der Waals surface area contributed by atoms with Crippen LogP contribution in [-0.4, -0.2) is 68.5 Å². The Labute approximate surface area is 222 Å². The number of rotatable bonds is 6. The molecule has 0 aliphatic carbocycles. The standard InChI is InChI=1S/C29H41N3O4S/c1-22(2)20-30-14-8-15-32(25(5)33)28-10-7-6-9-26(28)21-31(17-16-30)29(34)13-18-37(35,36)27-12-11-23(3)24(4)19-27/h6-7,9-12,19,22H,8,13-18,20-21H2,1-5H3. The van der Waals surface area contributed by atoms with E-state index in [2.05, 4.69) is 18.7 Å². The van der Waals surface area contributed by atoms with Crippen LogP contribution < -0.4 is 4.90 Å². The molecule has 2 aromatic carbocycles. The van der Waals surface area contributed by atoms with Crippen molar-refractivity contribution < 1.29 is 18.0 Å². The first-order chi connectivity index (χ1) is 17.5. The molecule has 0 fully saturated rings. The van der Waals surface area contributed by atoms with Crippen molar-refractivity contribution in [3.63, 3.8) is 0 Å². The van der Waals surface area contributed by atoms with Gasteiger partial charge in [0.1, 0.15) is 0 Å². The van der Waals surface area contributed by atoms with Gasteiger partial charge in [-0.1, -0.05) is 38.1 Å². The second-order valence-electron chi connectivity index (χ2n) is 10.5. The lowest BCUT2D eigenvalue weighted by Gasteiger charge is -2.29. The molecule has 37 heavy (non-hydrogen) atoms. The Hall–Kier alpha value is -2.71. The van der Waals surface area contributed by atoms with Crippen LogP contribution in [0.4, 0.5) is 5.69 Å². The third-order valence-corrected chi connectivity index (χ3v) is 8.68. The molecule has 0 aromatic heterocycles. The Balaban J connectivity index is 1.85. The van der Waals surface area contributed by atoms with E-state index in [1.807, 2.05) is 38.1 Å². The number of sulfone groups is 1. The minimum absolute atomic E-state index is 0.0283. The van der Waals surface area contributed by atoms with E-state index in [0.29, 0.717) is 32.1 Å². The molecule has 7 nitrogen and oxygen atoms in total. The van der Waals surface area contributed by atoms with Crippen LogP contribution in [0.25, 0.3) is 0 Å². The summed E-state index contributed by atoms with van der Waals surface area (Å²) in [6.07, 6.45) is 0.751. The van der Waals surface area contributed by atoms with Gasteiger partial charge in [0.15, 0.2) is 9.84 Å². The van der Waals surface area contributed by atoms with Gasteiger partial charge < -0.3 is 14.7 Å². The summed E-state index contributed by atoms with van der Waals surface area (Å²) in [5, 5.41) is 0. The maximum absolute atomic E-state index is 13.5. The number of anilines is 1. The summed E-state index contributed by atoms with van der Waals surface area (Å²) >= 11 is 0. The van der Waals surface area contributed by atoms with Crippen LogP contribution in [0.15, 0.2) is 47.4 Å². The lowest BCUT2D eigenvalue weighted by Crippen LogP contribution is -2.40. The fourth-order valence-electron chi connectivity index (χ4n) is 4.78. The number of aryl methyl sites for hydroxylation is 2. The Bertz CT molecular complexity index is 1210. The van der Waals surface area contributed by atoms with E-state index in [1.165, 1.54) is 0 Å². The number of carbonyl (C=O) groups is 2. The fourth-order valence-corrected chi connectivity index (χ4v) is 6.09. The largest absolute Gasteiger partial charge is 0.337 e. The number of amides is 2. The SMILES string of the molecule is CC(=O)N1CCCN(CC(C)C)CCN(C(=O)CCS(=O)(=O)c2ccc(C)c(C)c2)Cc2ccccc21. The summed E-state index contributed by atoms with van der Waals surface area (Å²) in [5.41, 5.74) is 3.65. The number of carbonyl (C=O) groups excluding carboxylic acids is 2. The van der Waals surface area contributed by atoms with Crippen molar-refractivity contribution in [1.29, 1.82) is 0 Å². The normalized spacial score (nSPS) is 15.8. The summed E-state index contributed by atoms with van der Waals surface area (Å²) in [4.78, 5) is 32.1. The summed E-state index contributed by atoms with van der Waals surface area (Å²) in [7, 11) is -3.59. The minimum Gasteiger partial charge on any atom is -0.337 e. The first-order valence-electron chi connectivity index (χ1n) is 13.1. The third kappa shape index (κ3) is 7.89. The van der Waals surface area contributed by atoms with E-state index in [-0.39, 0.29) is 28.9 Å². The highest BCUT2D eigenvalue weighted by Crippen LogP contribution is 2.24. The molecule has 0 radical (unpaired) electrons. The maximum atomic E-state index is 13.5. The van der Waals surface area contributed by atoms with Gasteiger partial charge in [-0.15, -0.1) is 0 Å². The predicted molar refractivity (Wildman–Crippen MR) is 148 cm³/mol. The summed E-state index contributed by atoms with van der Waals surface area (Å²) < 4.78 is 26.0. The average molecular weight is 528 g/mol. The molecule has 3 rings (SSSR count). The number of nitrogens with zero attached hydrogens (tertiary/aromatic N) is 3. The fraction of sp³-hybridized carbons (Fsp3) is 0.517. The van der Waals surface area contributed by atoms with Crippen molar-refractivity contribution >= 4 is 27.3 Å². The quantitative estimate of drug-likeness (QED) is 0.562. The average Bonchev–Trinajstić information content (AvgIpc) is 2.87. The van der Waals surface area contributed by atoms with Crippen LogP contribution in [0.1, 0.15) is 50.3 Å². The molecule has 1 heterocycles. The first kappa shape index (κ1) is 28.9. The van der Waals surface area contributed by atoms with Crippen molar-refractivity contribution in [1.82, 2.24) is 9.80 Å². The highest BCUT2D eigenvalue weighted by atomic mass is 32.2. The topological polar surface area (TPSA) is 78.0 Å².